The first kappa shape index (κ1) is 26.9. The van der Waals surface area contributed by atoms with Gasteiger partial charge in [-0.2, -0.15) is 0 Å². The Labute approximate surface area is 212 Å². The maximum Gasteiger partial charge on any atom is 0.343 e. The molecule has 0 aliphatic heterocycles. The zero-order valence-electron chi connectivity index (χ0n) is 20.7. The van der Waals surface area contributed by atoms with Crippen molar-refractivity contribution in [2.45, 2.75) is 58.3 Å². The van der Waals surface area contributed by atoms with E-state index >= 15 is 0 Å². The van der Waals surface area contributed by atoms with E-state index in [0.717, 1.165) is 42.0 Å². The minimum absolute atomic E-state index is 0.0620. The summed E-state index contributed by atoms with van der Waals surface area (Å²) < 4.78 is 37.2. The highest BCUT2D eigenvalue weighted by Gasteiger charge is 2.10. The number of unbranched alkanes of at least 4 members (excludes halogenated alkanes) is 7. The van der Waals surface area contributed by atoms with Crippen LogP contribution in [0.4, 0.5) is 8.78 Å². The second-order valence-electron chi connectivity index (χ2n) is 8.64. The molecule has 0 saturated carbocycles. The van der Waals surface area contributed by atoms with Gasteiger partial charge in [0.25, 0.3) is 0 Å². The molecule has 3 aromatic rings. The third kappa shape index (κ3) is 9.19. The number of benzene rings is 3. The van der Waals surface area contributed by atoms with Gasteiger partial charge in [0, 0.05) is 17.2 Å². The summed E-state index contributed by atoms with van der Waals surface area (Å²) in [5.41, 5.74) is 1.87. The van der Waals surface area contributed by atoms with Crippen LogP contribution in [-0.2, 0) is 0 Å². The number of halogens is 2. The zero-order valence-corrected chi connectivity index (χ0v) is 20.7. The number of carbonyl (C=O) groups is 1. The molecule has 0 aliphatic rings. The van der Waals surface area contributed by atoms with Crippen LogP contribution in [0.15, 0.2) is 66.7 Å². The van der Waals surface area contributed by atoms with Crippen molar-refractivity contribution < 1.29 is 23.0 Å². The van der Waals surface area contributed by atoms with Gasteiger partial charge in [-0.15, -0.1) is 0 Å². The number of carbonyl (C=O) groups excluding carboxylic acids is 1. The number of rotatable bonds is 12. The van der Waals surface area contributed by atoms with Crippen LogP contribution in [0.25, 0.3) is 0 Å². The molecule has 5 heteroatoms. The fourth-order valence-electron chi connectivity index (χ4n) is 3.60. The largest absolute Gasteiger partial charge is 0.494 e. The van der Waals surface area contributed by atoms with Crippen molar-refractivity contribution in [3.05, 3.63) is 95.1 Å². The fraction of sp³-hybridized carbons (Fsp3) is 0.323. The molecule has 0 spiro atoms. The van der Waals surface area contributed by atoms with Gasteiger partial charge in [-0.25, -0.2) is 13.6 Å². The van der Waals surface area contributed by atoms with Crippen LogP contribution in [-0.4, -0.2) is 12.6 Å². The number of ether oxygens (including phenoxy) is 2. The number of hydrogen-bond donors (Lipinski definition) is 0. The SMILES string of the molecule is CCCCCCCCCCOc1ccc(C#Cc2ccc(C(=O)Oc3ccc(F)c(F)c3)cc2)cc1. The quantitative estimate of drug-likeness (QED) is 0.111. The molecular weight excluding hydrogens is 458 g/mol. The van der Waals surface area contributed by atoms with Crippen molar-refractivity contribution in [1.29, 1.82) is 0 Å². The monoisotopic (exact) mass is 490 g/mol. The van der Waals surface area contributed by atoms with Crippen LogP contribution in [0.3, 0.4) is 0 Å². The highest BCUT2D eigenvalue weighted by atomic mass is 19.2. The highest BCUT2D eigenvalue weighted by molar-refractivity contribution is 5.91. The predicted molar refractivity (Wildman–Crippen MR) is 138 cm³/mol. The van der Waals surface area contributed by atoms with Gasteiger partial charge >= 0.3 is 5.97 Å². The van der Waals surface area contributed by atoms with Crippen molar-refractivity contribution in [2.75, 3.05) is 6.61 Å². The Morgan fingerprint density at radius 1 is 0.694 bits per heavy atom. The summed E-state index contributed by atoms with van der Waals surface area (Å²) >= 11 is 0. The molecule has 0 bridgehead atoms. The van der Waals surface area contributed by atoms with Gasteiger partial charge in [-0.05, 0) is 67.1 Å². The van der Waals surface area contributed by atoms with Crippen molar-refractivity contribution in [3.8, 4) is 23.3 Å². The first-order chi connectivity index (χ1) is 17.5. The van der Waals surface area contributed by atoms with E-state index < -0.39 is 17.6 Å². The molecule has 0 heterocycles. The van der Waals surface area contributed by atoms with Gasteiger partial charge in [0.2, 0.25) is 0 Å². The predicted octanol–water partition coefficient (Wildman–Crippen LogP) is 8.10. The molecule has 0 unspecified atom stereocenters. The molecule has 3 rings (SSSR count). The minimum Gasteiger partial charge on any atom is -0.494 e. The molecule has 3 aromatic carbocycles. The van der Waals surface area contributed by atoms with E-state index in [4.69, 9.17) is 9.47 Å². The Morgan fingerprint density at radius 2 is 1.25 bits per heavy atom. The van der Waals surface area contributed by atoms with Gasteiger partial charge < -0.3 is 9.47 Å². The van der Waals surface area contributed by atoms with E-state index in [1.54, 1.807) is 24.3 Å². The van der Waals surface area contributed by atoms with E-state index in [0.29, 0.717) is 0 Å². The van der Waals surface area contributed by atoms with Crippen LogP contribution in [0.1, 0.15) is 79.8 Å². The molecule has 0 fully saturated rings. The average Bonchev–Trinajstić information content (AvgIpc) is 2.89. The molecular formula is C31H32F2O3. The van der Waals surface area contributed by atoms with Crippen molar-refractivity contribution in [1.82, 2.24) is 0 Å². The number of hydrogen-bond acceptors (Lipinski definition) is 3. The van der Waals surface area contributed by atoms with Gasteiger partial charge in [0.05, 0.1) is 12.2 Å². The summed E-state index contributed by atoms with van der Waals surface area (Å²) in [6, 6.07) is 17.2. The second kappa shape index (κ2) is 14.7. The molecule has 0 radical (unpaired) electrons. The third-order valence-corrected chi connectivity index (χ3v) is 5.69. The lowest BCUT2D eigenvalue weighted by Gasteiger charge is -2.06. The Hall–Kier alpha value is -3.65. The van der Waals surface area contributed by atoms with Gasteiger partial charge in [-0.3, -0.25) is 0 Å². The summed E-state index contributed by atoms with van der Waals surface area (Å²) in [4.78, 5) is 12.2. The summed E-state index contributed by atoms with van der Waals surface area (Å²) in [6.07, 6.45) is 10.2. The Bertz CT molecular complexity index is 1160. The standard InChI is InChI=1S/C31H32F2O3/c1-2-3-4-5-6-7-8-9-22-35-27-18-14-25(15-19-27)11-10-24-12-16-26(17-13-24)31(34)36-28-20-21-29(32)30(33)23-28/h12-21,23H,2-9,22H2,1H3. The van der Waals surface area contributed by atoms with Gasteiger partial charge in [0.1, 0.15) is 11.5 Å². The van der Waals surface area contributed by atoms with Crippen LogP contribution in [0.5, 0.6) is 11.5 Å². The molecule has 36 heavy (non-hydrogen) atoms. The van der Waals surface area contributed by atoms with E-state index in [1.807, 2.05) is 24.3 Å². The molecule has 3 nitrogen and oxygen atoms in total. The van der Waals surface area contributed by atoms with E-state index in [1.165, 1.54) is 51.0 Å². The van der Waals surface area contributed by atoms with Crippen molar-refractivity contribution in [2.24, 2.45) is 0 Å². The molecule has 0 aromatic heterocycles. The molecule has 0 atom stereocenters. The highest BCUT2D eigenvalue weighted by Crippen LogP contribution is 2.18. The summed E-state index contributed by atoms with van der Waals surface area (Å²) in [7, 11) is 0. The molecule has 188 valence electrons. The van der Waals surface area contributed by atoms with Crippen LogP contribution >= 0.6 is 0 Å². The minimum atomic E-state index is -1.07. The molecule has 0 aliphatic carbocycles. The lowest BCUT2D eigenvalue weighted by Crippen LogP contribution is -2.08. The van der Waals surface area contributed by atoms with Crippen molar-refractivity contribution in [3.63, 3.8) is 0 Å². The van der Waals surface area contributed by atoms with Crippen LogP contribution < -0.4 is 9.47 Å². The summed E-state index contributed by atoms with van der Waals surface area (Å²) in [5, 5.41) is 0. The first-order valence-electron chi connectivity index (χ1n) is 12.6. The Balaban J connectivity index is 1.42. The third-order valence-electron chi connectivity index (χ3n) is 5.69. The van der Waals surface area contributed by atoms with Crippen molar-refractivity contribution >= 4 is 5.97 Å². The van der Waals surface area contributed by atoms with E-state index in [2.05, 4.69) is 18.8 Å². The van der Waals surface area contributed by atoms with Crippen LogP contribution in [0, 0.1) is 23.5 Å². The molecule has 0 N–H and O–H groups in total. The maximum atomic E-state index is 13.3. The smallest absolute Gasteiger partial charge is 0.343 e. The number of esters is 1. The van der Waals surface area contributed by atoms with Gasteiger partial charge in [0.15, 0.2) is 11.6 Å². The lowest BCUT2D eigenvalue weighted by atomic mass is 10.1. The second-order valence-corrected chi connectivity index (χ2v) is 8.64. The lowest BCUT2D eigenvalue weighted by molar-refractivity contribution is 0.0734. The molecule has 0 amide bonds. The van der Waals surface area contributed by atoms with E-state index in [9.17, 15) is 13.6 Å². The molecule has 0 saturated heterocycles. The maximum absolute atomic E-state index is 13.3. The van der Waals surface area contributed by atoms with Crippen LogP contribution in [0.2, 0.25) is 0 Å². The van der Waals surface area contributed by atoms with Gasteiger partial charge in [-0.1, -0.05) is 63.7 Å². The summed E-state index contributed by atoms with van der Waals surface area (Å²) in [5.74, 6) is 4.19. The topological polar surface area (TPSA) is 35.5 Å². The zero-order chi connectivity index (χ0) is 25.6. The summed E-state index contributed by atoms with van der Waals surface area (Å²) in [6.45, 7) is 2.97. The normalized spacial score (nSPS) is 10.4. The van der Waals surface area contributed by atoms with E-state index in [-0.39, 0.29) is 11.3 Å². The Morgan fingerprint density at radius 3 is 1.86 bits per heavy atom. The average molecular weight is 491 g/mol. The Kier molecular flexibility index (Phi) is 11.0. The fourth-order valence-corrected chi connectivity index (χ4v) is 3.60. The first-order valence-corrected chi connectivity index (χ1v) is 12.6.